The fraction of sp³-hybridized carbons (Fsp3) is 0. The molecule has 1 aromatic heterocycles. The van der Waals surface area contributed by atoms with Crippen molar-refractivity contribution in [3.05, 3.63) is 67.7 Å². The monoisotopic (exact) mass is 411 g/mol. The molecule has 1 heterocycles. The molecule has 0 aliphatic carbocycles. The van der Waals surface area contributed by atoms with Crippen LogP contribution in [0.5, 0.6) is 0 Å². The van der Waals surface area contributed by atoms with E-state index in [9.17, 15) is 4.79 Å². The van der Waals surface area contributed by atoms with Crippen molar-refractivity contribution >= 4 is 60.1 Å². The molecule has 0 atom stereocenters. The van der Waals surface area contributed by atoms with E-state index in [1.165, 1.54) is 0 Å². The lowest BCUT2D eigenvalue weighted by Gasteiger charge is -2.02. The van der Waals surface area contributed by atoms with Crippen LogP contribution in [-0.4, -0.2) is 10.8 Å². The van der Waals surface area contributed by atoms with E-state index in [4.69, 9.17) is 11.6 Å². The molecule has 5 heteroatoms. The second kappa shape index (κ2) is 5.35. The van der Waals surface area contributed by atoms with Gasteiger partial charge in [0.1, 0.15) is 0 Å². The van der Waals surface area contributed by atoms with Crippen molar-refractivity contribution in [2.45, 2.75) is 0 Å². The van der Waals surface area contributed by atoms with E-state index in [0.717, 1.165) is 19.8 Å². The summed E-state index contributed by atoms with van der Waals surface area (Å²) in [5, 5.41) is 1.42. The number of halogens is 3. The molecule has 1 N–H and O–H groups in total. The normalized spacial score (nSPS) is 10.9. The van der Waals surface area contributed by atoms with Crippen molar-refractivity contribution in [1.29, 1.82) is 0 Å². The summed E-state index contributed by atoms with van der Waals surface area (Å²) >= 11 is 12.8. The van der Waals surface area contributed by atoms with Crippen LogP contribution < -0.4 is 0 Å². The van der Waals surface area contributed by atoms with Gasteiger partial charge in [0.05, 0.1) is 0 Å². The van der Waals surface area contributed by atoms with E-state index in [2.05, 4.69) is 36.8 Å². The SMILES string of the molecule is O=C(c1cc(Cl)cc(Br)c1)c1c[nH]c2ccc(Br)cc12. The first-order chi connectivity index (χ1) is 9.54. The summed E-state index contributed by atoms with van der Waals surface area (Å²) in [5.41, 5.74) is 2.12. The number of hydrogen-bond donors (Lipinski definition) is 1. The lowest BCUT2D eigenvalue weighted by Crippen LogP contribution is -2.00. The predicted octanol–water partition coefficient (Wildman–Crippen LogP) is 5.58. The molecule has 2 aromatic carbocycles. The molecule has 0 saturated heterocycles. The van der Waals surface area contributed by atoms with Crippen molar-refractivity contribution in [1.82, 2.24) is 4.98 Å². The minimum atomic E-state index is -0.0578. The Hall–Kier alpha value is -1.10. The van der Waals surface area contributed by atoms with Crippen LogP contribution in [0.15, 0.2) is 51.5 Å². The number of H-pyrrole nitrogens is 1. The number of ketones is 1. The summed E-state index contributed by atoms with van der Waals surface area (Å²) in [5.74, 6) is -0.0578. The van der Waals surface area contributed by atoms with E-state index < -0.39 is 0 Å². The van der Waals surface area contributed by atoms with Crippen molar-refractivity contribution < 1.29 is 4.79 Å². The van der Waals surface area contributed by atoms with Crippen LogP contribution >= 0.6 is 43.5 Å². The standard InChI is InChI=1S/C15H8Br2ClNO/c16-9-1-2-14-12(6-9)13(7-19-14)15(20)8-3-10(17)5-11(18)4-8/h1-7,19H. The molecule has 0 radical (unpaired) electrons. The first-order valence-corrected chi connectivity index (χ1v) is 7.78. The summed E-state index contributed by atoms with van der Waals surface area (Å²) in [4.78, 5) is 15.7. The van der Waals surface area contributed by atoms with Gasteiger partial charge in [-0.15, -0.1) is 0 Å². The van der Waals surface area contributed by atoms with Gasteiger partial charge in [0.15, 0.2) is 5.78 Å². The zero-order chi connectivity index (χ0) is 14.3. The molecule has 100 valence electrons. The highest BCUT2D eigenvalue weighted by Crippen LogP contribution is 2.27. The summed E-state index contributed by atoms with van der Waals surface area (Å²) in [6, 6.07) is 11.0. The zero-order valence-electron chi connectivity index (χ0n) is 10.1. The van der Waals surface area contributed by atoms with E-state index in [-0.39, 0.29) is 5.78 Å². The molecule has 2 nitrogen and oxygen atoms in total. The quantitative estimate of drug-likeness (QED) is 0.547. The molecule has 0 amide bonds. The van der Waals surface area contributed by atoms with Crippen molar-refractivity contribution in [3.8, 4) is 0 Å². The lowest BCUT2D eigenvalue weighted by atomic mass is 10.0. The first-order valence-electron chi connectivity index (χ1n) is 5.82. The van der Waals surface area contributed by atoms with Gasteiger partial charge in [-0.2, -0.15) is 0 Å². The van der Waals surface area contributed by atoms with Crippen LogP contribution in [0.1, 0.15) is 15.9 Å². The van der Waals surface area contributed by atoms with E-state index >= 15 is 0 Å². The van der Waals surface area contributed by atoms with Crippen LogP contribution in [-0.2, 0) is 0 Å². The predicted molar refractivity (Wildman–Crippen MR) is 88.6 cm³/mol. The van der Waals surface area contributed by atoms with Gasteiger partial charge in [-0.25, -0.2) is 0 Å². The minimum Gasteiger partial charge on any atom is -0.360 e. The average Bonchev–Trinajstić information content (AvgIpc) is 2.79. The van der Waals surface area contributed by atoms with E-state index in [1.54, 1.807) is 24.4 Å². The van der Waals surface area contributed by atoms with Gasteiger partial charge in [0.25, 0.3) is 0 Å². The second-order valence-corrected chi connectivity index (χ2v) is 6.65. The Balaban J connectivity index is 2.15. The maximum Gasteiger partial charge on any atom is 0.195 e. The smallest absolute Gasteiger partial charge is 0.195 e. The summed E-state index contributed by atoms with van der Waals surface area (Å²) in [6.45, 7) is 0. The highest BCUT2D eigenvalue weighted by Gasteiger charge is 2.15. The molecule has 0 unspecified atom stereocenters. The third-order valence-corrected chi connectivity index (χ3v) is 4.18. The molecule has 0 aliphatic rings. The second-order valence-electron chi connectivity index (χ2n) is 4.38. The number of aromatic amines is 1. The number of nitrogens with one attached hydrogen (secondary N) is 1. The fourth-order valence-corrected chi connectivity index (χ4v) is 3.34. The minimum absolute atomic E-state index is 0.0578. The van der Waals surface area contributed by atoms with Crippen LogP contribution in [0.2, 0.25) is 5.02 Å². The number of rotatable bonds is 2. The van der Waals surface area contributed by atoms with Gasteiger partial charge in [0, 0.05) is 42.2 Å². The Morgan fingerprint density at radius 1 is 1.05 bits per heavy atom. The van der Waals surface area contributed by atoms with Crippen molar-refractivity contribution in [2.24, 2.45) is 0 Å². The largest absolute Gasteiger partial charge is 0.360 e. The average molecular weight is 413 g/mol. The Morgan fingerprint density at radius 2 is 1.85 bits per heavy atom. The molecule has 3 aromatic rings. The molecule has 0 fully saturated rings. The topological polar surface area (TPSA) is 32.9 Å². The third-order valence-electron chi connectivity index (χ3n) is 3.01. The van der Waals surface area contributed by atoms with Crippen LogP contribution in [0.3, 0.4) is 0 Å². The van der Waals surface area contributed by atoms with E-state index in [1.807, 2.05) is 18.2 Å². The summed E-state index contributed by atoms with van der Waals surface area (Å²) in [7, 11) is 0. The third kappa shape index (κ3) is 2.55. The molecule has 3 rings (SSSR count). The van der Waals surface area contributed by atoms with Gasteiger partial charge >= 0.3 is 0 Å². The van der Waals surface area contributed by atoms with Crippen LogP contribution in [0.25, 0.3) is 10.9 Å². The Morgan fingerprint density at radius 3 is 2.60 bits per heavy atom. The Labute approximate surface area is 137 Å². The van der Waals surface area contributed by atoms with Gasteiger partial charge in [-0.1, -0.05) is 43.5 Å². The number of aromatic nitrogens is 1. The number of benzene rings is 2. The lowest BCUT2D eigenvalue weighted by molar-refractivity contribution is 0.104. The van der Waals surface area contributed by atoms with Crippen LogP contribution in [0.4, 0.5) is 0 Å². The number of hydrogen-bond acceptors (Lipinski definition) is 1. The molecular formula is C15H8Br2ClNO. The van der Waals surface area contributed by atoms with Gasteiger partial charge in [-0.3, -0.25) is 4.79 Å². The number of fused-ring (bicyclic) bond motifs is 1. The van der Waals surface area contributed by atoms with Gasteiger partial charge < -0.3 is 4.98 Å². The number of carbonyl (C=O) groups excluding carboxylic acids is 1. The molecule has 20 heavy (non-hydrogen) atoms. The maximum absolute atomic E-state index is 12.6. The molecule has 0 saturated carbocycles. The highest BCUT2D eigenvalue weighted by molar-refractivity contribution is 9.10. The zero-order valence-corrected chi connectivity index (χ0v) is 14.0. The highest BCUT2D eigenvalue weighted by atomic mass is 79.9. The van der Waals surface area contributed by atoms with E-state index in [0.29, 0.717) is 16.1 Å². The van der Waals surface area contributed by atoms with Crippen LogP contribution in [0, 0.1) is 0 Å². The number of carbonyl (C=O) groups is 1. The van der Waals surface area contributed by atoms with Gasteiger partial charge in [0.2, 0.25) is 0 Å². The Kier molecular flexibility index (Phi) is 3.71. The summed E-state index contributed by atoms with van der Waals surface area (Å²) < 4.78 is 1.72. The molecular weight excluding hydrogens is 405 g/mol. The fourth-order valence-electron chi connectivity index (χ4n) is 2.12. The molecule has 0 bridgehead atoms. The van der Waals surface area contributed by atoms with Gasteiger partial charge in [-0.05, 0) is 36.4 Å². The van der Waals surface area contributed by atoms with Crippen molar-refractivity contribution in [3.63, 3.8) is 0 Å². The maximum atomic E-state index is 12.6. The summed E-state index contributed by atoms with van der Waals surface area (Å²) in [6.07, 6.45) is 1.73. The first kappa shape index (κ1) is 13.9. The molecule has 0 aliphatic heterocycles. The molecule has 0 spiro atoms. The van der Waals surface area contributed by atoms with Crippen molar-refractivity contribution in [2.75, 3.05) is 0 Å². The Bertz CT molecular complexity index is 806.